The molecule has 0 amide bonds. The fraction of sp³-hybridized carbons (Fsp3) is 0.591. The molecular weight excluding hydrogens is 386 g/mol. The van der Waals surface area contributed by atoms with Gasteiger partial charge in [-0.2, -0.15) is 0 Å². The Bertz CT molecular complexity index is 907. The van der Waals surface area contributed by atoms with Crippen LogP contribution in [-0.4, -0.2) is 37.7 Å². The molecule has 7 heteroatoms. The highest BCUT2D eigenvalue weighted by Crippen LogP contribution is 2.34. The van der Waals surface area contributed by atoms with E-state index in [9.17, 15) is 13.5 Å². The molecule has 1 aliphatic carbocycles. The van der Waals surface area contributed by atoms with Crippen LogP contribution in [0.1, 0.15) is 52.4 Å². The average Bonchev–Trinajstić information content (AvgIpc) is 3.55. The van der Waals surface area contributed by atoms with Crippen molar-refractivity contribution in [3.63, 3.8) is 0 Å². The average molecular weight is 420 g/mol. The number of pyridine rings is 1. The summed E-state index contributed by atoms with van der Waals surface area (Å²) in [6.45, 7) is 5.13. The summed E-state index contributed by atoms with van der Waals surface area (Å²) in [5, 5.41) is 13.4. The van der Waals surface area contributed by atoms with Crippen molar-refractivity contribution in [2.45, 2.75) is 63.3 Å². The van der Waals surface area contributed by atoms with E-state index in [0.717, 1.165) is 61.8 Å². The number of fused-ring (bicyclic) bond motifs is 1. The fourth-order valence-electron chi connectivity index (χ4n) is 3.84. The first-order valence-corrected chi connectivity index (χ1v) is 12.2. The fourth-order valence-corrected chi connectivity index (χ4v) is 5.26. The Balaban J connectivity index is 1.71. The van der Waals surface area contributed by atoms with Gasteiger partial charge in [0.25, 0.3) is 0 Å². The van der Waals surface area contributed by atoms with Crippen LogP contribution >= 0.6 is 0 Å². The number of nitrogens with one attached hydrogen (secondary N) is 2. The Kier molecular flexibility index (Phi) is 7.49. The van der Waals surface area contributed by atoms with Gasteiger partial charge >= 0.3 is 0 Å². The van der Waals surface area contributed by atoms with Gasteiger partial charge in [-0.1, -0.05) is 20.3 Å². The van der Waals surface area contributed by atoms with E-state index >= 15 is 0 Å². The monoisotopic (exact) mass is 419 g/mol. The number of rotatable bonds is 12. The first kappa shape index (κ1) is 22.0. The molecule has 0 spiro atoms. The normalized spacial score (nSPS) is 16.7. The van der Waals surface area contributed by atoms with Crippen LogP contribution in [0.3, 0.4) is 0 Å². The summed E-state index contributed by atoms with van der Waals surface area (Å²) in [5.74, 6) is 1.66. The number of hydrogen-bond donors (Lipinski definition) is 3. The van der Waals surface area contributed by atoms with Crippen LogP contribution in [0.2, 0.25) is 0 Å². The van der Waals surface area contributed by atoms with Crippen LogP contribution in [-0.2, 0) is 10.0 Å². The minimum atomic E-state index is -3.53. The third-order valence-electron chi connectivity index (χ3n) is 5.71. The molecule has 29 heavy (non-hydrogen) atoms. The van der Waals surface area contributed by atoms with Crippen molar-refractivity contribution in [2.24, 2.45) is 11.8 Å². The molecule has 0 bridgehead atoms. The van der Waals surface area contributed by atoms with E-state index in [1.807, 2.05) is 19.1 Å². The molecule has 2 aromatic rings. The van der Waals surface area contributed by atoms with E-state index in [4.69, 9.17) is 0 Å². The van der Waals surface area contributed by atoms with E-state index in [-0.39, 0.29) is 17.5 Å². The van der Waals surface area contributed by atoms with Gasteiger partial charge in [0.05, 0.1) is 10.4 Å². The summed E-state index contributed by atoms with van der Waals surface area (Å²) in [6.07, 6.45) is 5.95. The Hall–Kier alpha value is -1.70. The van der Waals surface area contributed by atoms with E-state index < -0.39 is 10.0 Å². The lowest BCUT2D eigenvalue weighted by atomic mass is 10.0. The van der Waals surface area contributed by atoms with E-state index in [1.165, 1.54) is 0 Å². The minimum Gasteiger partial charge on any atom is -0.396 e. The number of aliphatic hydroxyl groups excluding tert-OH is 1. The SMILES string of the molecule is CCCC(CCO)CNc1ccc2cc(S(=O)(=O)N[C@H](CC)C3CC3)ccc2n1. The first-order valence-electron chi connectivity index (χ1n) is 10.7. The third-order valence-corrected chi connectivity index (χ3v) is 7.20. The molecule has 3 N–H and O–H groups in total. The van der Waals surface area contributed by atoms with Gasteiger partial charge in [-0.25, -0.2) is 18.1 Å². The smallest absolute Gasteiger partial charge is 0.240 e. The standard InChI is InChI=1S/C22H33N3O3S/c1-3-5-16(12-13-26)15-23-22-11-8-18-14-19(9-10-21(18)24-22)29(27,28)25-20(4-2)17-6-7-17/h8-11,14,16-17,20,25-26H,3-7,12-13,15H2,1-2H3,(H,23,24)/t16?,20-/m1/s1. The second-order valence-electron chi connectivity index (χ2n) is 8.07. The molecule has 160 valence electrons. The molecule has 2 atom stereocenters. The van der Waals surface area contributed by atoms with Gasteiger partial charge in [0.1, 0.15) is 5.82 Å². The summed E-state index contributed by atoms with van der Waals surface area (Å²) < 4.78 is 28.4. The van der Waals surface area contributed by atoms with Crippen LogP contribution in [0.5, 0.6) is 0 Å². The first-order chi connectivity index (χ1) is 14.0. The number of hydrogen-bond acceptors (Lipinski definition) is 5. The predicted octanol–water partition coefficient (Wildman–Crippen LogP) is 3.91. The van der Waals surface area contributed by atoms with Gasteiger partial charge < -0.3 is 10.4 Å². The maximum Gasteiger partial charge on any atom is 0.240 e. The number of benzene rings is 1. The van der Waals surface area contributed by atoms with Crippen molar-refractivity contribution >= 4 is 26.7 Å². The molecule has 1 fully saturated rings. The van der Waals surface area contributed by atoms with Crippen molar-refractivity contribution in [1.82, 2.24) is 9.71 Å². The quantitative estimate of drug-likeness (QED) is 0.485. The maximum atomic E-state index is 12.8. The van der Waals surface area contributed by atoms with Gasteiger partial charge in [-0.15, -0.1) is 0 Å². The molecule has 1 unspecified atom stereocenters. The van der Waals surface area contributed by atoms with Gasteiger partial charge in [0.2, 0.25) is 10.0 Å². The summed E-state index contributed by atoms with van der Waals surface area (Å²) in [5.41, 5.74) is 0.761. The largest absolute Gasteiger partial charge is 0.396 e. The number of nitrogens with zero attached hydrogens (tertiary/aromatic N) is 1. The summed E-state index contributed by atoms with van der Waals surface area (Å²) >= 11 is 0. The predicted molar refractivity (Wildman–Crippen MR) is 117 cm³/mol. The number of anilines is 1. The Morgan fingerprint density at radius 2 is 1.97 bits per heavy atom. The van der Waals surface area contributed by atoms with Crippen molar-refractivity contribution in [2.75, 3.05) is 18.5 Å². The lowest BCUT2D eigenvalue weighted by molar-refractivity contribution is 0.255. The number of aliphatic hydroxyl groups is 1. The Morgan fingerprint density at radius 3 is 2.62 bits per heavy atom. The highest BCUT2D eigenvalue weighted by molar-refractivity contribution is 7.89. The molecule has 1 saturated carbocycles. The van der Waals surface area contributed by atoms with Gasteiger partial charge in [-0.3, -0.25) is 0 Å². The molecule has 1 aliphatic rings. The molecule has 1 aromatic carbocycles. The van der Waals surface area contributed by atoms with Gasteiger partial charge in [-0.05, 0) is 74.3 Å². The highest BCUT2D eigenvalue weighted by atomic mass is 32.2. The maximum absolute atomic E-state index is 12.8. The van der Waals surface area contributed by atoms with Crippen molar-refractivity contribution in [3.05, 3.63) is 30.3 Å². The molecule has 0 aliphatic heterocycles. The third kappa shape index (κ3) is 5.90. The number of aromatic nitrogens is 1. The molecule has 0 saturated heterocycles. The lowest BCUT2D eigenvalue weighted by Crippen LogP contribution is -2.35. The Morgan fingerprint density at radius 1 is 1.17 bits per heavy atom. The van der Waals surface area contributed by atoms with Gasteiger partial charge in [0.15, 0.2) is 0 Å². The number of sulfonamides is 1. The van der Waals surface area contributed by atoms with E-state index in [1.54, 1.807) is 18.2 Å². The highest BCUT2D eigenvalue weighted by Gasteiger charge is 2.33. The van der Waals surface area contributed by atoms with Crippen LogP contribution in [0, 0.1) is 11.8 Å². The van der Waals surface area contributed by atoms with Gasteiger partial charge in [0, 0.05) is 24.6 Å². The molecule has 1 aromatic heterocycles. The zero-order chi connectivity index (χ0) is 20.9. The second kappa shape index (κ2) is 9.87. The second-order valence-corrected chi connectivity index (χ2v) is 9.79. The van der Waals surface area contributed by atoms with E-state index in [0.29, 0.717) is 11.8 Å². The molecule has 1 heterocycles. The van der Waals surface area contributed by atoms with Crippen molar-refractivity contribution in [3.8, 4) is 0 Å². The Labute approximate surface area is 174 Å². The van der Waals surface area contributed by atoms with Crippen molar-refractivity contribution in [1.29, 1.82) is 0 Å². The summed E-state index contributed by atoms with van der Waals surface area (Å²) in [7, 11) is -3.53. The molecular formula is C22H33N3O3S. The van der Waals surface area contributed by atoms with Crippen LogP contribution in [0.15, 0.2) is 35.2 Å². The molecule has 0 radical (unpaired) electrons. The molecule has 3 rings (SSSR count). The lowest BCUT2D eigenvalue weighted by Gasteiger charge is -2.17. The van der Waals surface area contributed by atoms with Crippen LogP contribution in [0.25, 0.3) is 10.9 Å². The summed E-state index contributed by atoms with van der Waals surface area (Å²) in [6, 6.07) is 8.91. The topological polar surface area (TPSA) is 91.3 Å². The molecule has 6 nitrogen and oxygen atoms in total. The summed E-state index contributed by atoms with van der Waals surface area (Å²) in [4.78, 5) is 4.91. The van der Waals surface area contributed by atoms with E-state index in [2.05, 4.69) is 21.9 Å². The van der Waals surface area contributed by atoms with Crippen LogP contribution < -0.4 is 10.0 Å². The zero-order valence-electron chi connectivity index (χ0n) is 17.4. The minimum absolute atomic E-state index is 0.0235. The zero-order valence-corrected chi connectivity index (χ0v) is 18.2. The van der Waals surface area contributed by atoms with Crippen LogP contribution in [0.4, 0.5) is 5.82 Å². The van der Waals surface area contributed by atoms with Crippen molar-refractivity contribution < 1.29 is 13.5 Å².